The van der Waals surface area contributed by atoms with Gasteiger partial charge in [-0.2, -0.15) is 0 Å². The molecule has 0 radical (unpaired) electrons. The molecule has 0 bridgehead atoms. The lowest BCUT2D eigenvalue weighted by Crippen LogP contribution is -2.41. The quantitative estimate of drug-likeness (QED) is 0.425. The summed E-state index contributed by atoms with van der Waals surface area (Å²) in [4.78, 5) is 26.3. The van der Waals surface area contributed by atoms with Gasteiger partial charge in [0.15, 0.2) is 16.6 Å². The molecule has 9 heteroatoms. The molecule has 0 atom stereocenters. The maximum atomic E-state index is 12.5. The Bertz CT molecular complexity index is 838. The van der Waals surface area contributed by atoms with E-state index in [1.54, 1.807) is 18.2 Å². The average molecular weight is 406 g/mol. The summed E-state index contributed by atoms with van der Waals surface area (Å²) >= 11 is 6.05. The Morgan fingerprint density at radius 1 is 1.33 bits per heavy atom. The van der Waals surface area contributed by atoms with Crippen LogP contribution in [0.2, 0.25) is 0 Å². The fourth-order valence-corrected chi connectivity index (χ4v) is 3.46. The number of thioether (sulfide) groups is 1. The van der Waals surface area contributed by atoms with E-state index in [9.17, 15) is 9.59 Å². The number of hydrogen-bond donors (Lipinski definition) is 2. The van der Waals surface area contributed by atoms with Gasteiger partial charge in [0.05, 0.1) is 4.91 Å². The lowest BCUT2D eigenvalue weighted by molar-refractivity contribution is -0.122. The number of amides is 2. The highest BCUT2D eigenvalue weighted by molar-refractivity contribution is 8.18. The molecular weight excluding hydrogens is 386 g/mol. The van der Waals surface area contributed by atoms with Gasteiger partial charge >= 0.3 is 0 Å². The van der Waals surface area contributed by atoms with E-state index in [0.29, 0.717) is 34.6 Å². The number of thiocarbonyl (C=S) groups is 1. The summed E-state index contributed by atoms with van der Waals surface area (Å²) < 4.78 is 10.6. The number of imide groups is 1. The predicted octanol–water partition coefficient (Wildman–Crippen LogP) is 2.49. The summed E-state index contributed by atoms with van der Waals surface area (Å²) in [7, 11) is 0. The molecule has 27 heavy (non-hydrogen) atoms. The molecule has 1 fully saturated rings. The van der Waals surface area contributed by atoms with Crippen molar-refractivity contribution in [2.24, 2.45) is 0 Å². The number of fused-ring (bicyclic) bond motifs is 1. The lowest BCUT2D eigenvalue weighted by Gasteiger charge is -2.14. The van der Waals surface area contributed by atoms with Gasteiger partial charge in [0, 0.05) is 19.6 Å². The molecule has 0 saturated carbocycles. The highest BCUT2D eigenvalue weighted by Gasteiger charge is 2.34. The summed E-state index contributed by atoms with van der Waals surface area (Å²) in [5.41, 5.74) is 1.73. The molecular formula is C18H19N3O4S2. The molecule has 1 saturated heterocycles. The van der Waals surface area contributed by atoms with E-state index in [-0.39, 0.29) is 24.5 Å². The monoisotopic (exact) mass is 405 g/mol. The summed E-state index contributed by atoms with van der Waals surface area (Å²) in [5, 5.41) is 6.12. The second-order valence-electron chi connectivity index (χ2n) is 6.01. The van der Waals surface area contributed by atoms with Crippen LogP contribution in [0.1, 0.15) is 12.5 Å². The van der Waals surface area contributed by atoms with E-state index in [2.05, 4.69) is 17.2 Å². The van der Waals surface area contributed by atoms with E-state index in [4.69, 9.17) is 21.7 Å². The molecule has 2 aliphatic rings. The summed E-state index contributed by atoms with van der Waals surface area (Å²) in [6, 6.07) is 5.37. The topological polar surface area (TPSA) is 79.9 Å². The maximum Gasteiger partial charge on any atom is 0.293 e. The average Bonchev–Trinajstić information content (AvgIpc) is 3.19. The molecule has 0 aliphatic carbocycles. The van der Waals surface area contributed by atoms with E-state index in [0.717, 1.165) is 22.9 Å². The smallest absolute Gasteiger partial charge is 0.293 e. The van der Waals surface area contributed by atoms with Gasteiger partial charge < -0.3 is 20.1 Å². The molecule has 0 spiro atoms. The molecule has 2 amide bonds. The molecule has 3 rings (SSSR count). The van der Waals surface area contributed by atoms with Crippen LogP contribution >= 0.6 is 24.0 Å². The number of rotatable bonds is 6. The summed E-state index contributed by atoms with van der Waals surface area (Å²) in [6.07, 6.45) is 1.68. The first kappa shape index (κ1) is 19.2. The number of hydrogen-bond acceptors (Lipinski definition) is 6. The first-order chi connectivity index (χ1) is 12.9. The molecule has 1 aromatic rings. The Kier molecular flexibility index (Phi) is 6.02. The Morgan fingerprint density at radius 2 is 2.11 bits per heavy atom. The van der Waals surface area contributed by atoms with Crippen molar-refractivity contribution < 1.29 is 19.1 Å². The predicted molar refractivity (Wildman–Crippen MR) is 109 cm³/mol. The minimum Gasteiger partial charge on any atom is -0.454 e. The fourth-order valence-electron chi connectivity index (χ4n) is 2.42. The number of ether oxygens (including phenoxy) is 2. The van der Waals surface area contributed by atoms with Crippen LogP contribution in [0.5, 0.6) is 11.5 Å². The number of carbonyl (C=O) groups excluding carboxylic acids is 2. The minimum absolute atomic E-state index is 0.186. The van der Waals surface area contributed by atoms with Gasteiger partial charge in [-0.1, -0.05) is 18.2 Å². The van der Waals surface area contributed by atoms with Gasteiger partial charge in [-0.25, -0.2) is 0 Å². The SMILES string of the molecule is C=C(C)CNC(=S)NCCN1C(=O)S/C(=C\c2ccc3c(c2)OCO3)C1=O. The zero-order valence-corrected chi connectivity index (χ0v) is 16.4. The van der Waals surface area contributed by atoms with Crippen LogP contribution in [0, 0.1) is 0 Å². The molecule has 7 nitrogen and oxygen atoms in total. The fraction of sp³-hybridized carbons (Fsp3) is 0.278. The van der Waals surface area contributed by atoms with Crippen molar-refractivity contribution in [3.8, 4) is 11.5 Å². The Hall–Kier alpha value is -2.52. The third kappa shape index (κ3) is 4.81. The highest BCUT2D eigenvalue weighted by atomic mass is 32.2. The largest absolute Gasteiger partial charge is 0.454 e. The van der Waals surface area contributed by atoms with Crippen molar-refractivity contribution in [2.45, 2.75) is 6.92 Å². The van der Waals surface area contributed by atoms with Gasteiger partial charge in [-0.3, -0.25) is 14.5 Å². The molecule has 2 heterocycles. The maximum absolute atomic E-state index is 12.5. The molecule has 1 aromatic carbocycles. The first-order valence-corrected chi connectivity index (χ1v) is 9.47. The van der Waals surface area contributed by atoms with Gasteiger partial charge in [-0.05, 0) is 54.7 Å². The third-order valence-corrected chi connectivity index (χ3v) is 4.94. The Morgan fingerprint density at radius 3 is 2.89 bits per heavy atom. The Balaban J connectivity index is 1.56. The van der Waals surface area contributed by atoms with Crippen molar-refractivity contribution in [3.05, 3.63) is 40.8 Å². The molecule has 142 valence electrons. The van der Waals surface area contributed by atoms with E-state index < -0.39 is 0 Å². The molecule has 0 unspecified atom stereocenters. The van der Waals surface area contributed by atoms with Crippen molar-refractivity contribution in [1.29, 1.82) is 0 Å². The number of benzene rings is 1. The van der Waals surface area contributed by atoms with Gasteiger partial charge in [-0.15, -0.1) is 0 Å². The normalized spacial score (nSPS) is 16.8. The number of nitrogens with one attached hydrogen (secondary N) is 2. The van der Waals surface area contributed by atoms with Crippen molar-refractivity contribution in [1.82, 2.24) is 15.5 Å². The van der Waals surface area contributed by atoms with E-state index in [1.807, 2.05) is 13.0 Å². The van der Waals surface area contributed by atoms with Gasteiger partial charge in [0.25, 0.3) is 11.1 Å². The Labute approximate surface area is 166 Å². The van der Waals surface area contributed by atoms with E-state index in [1.165, 1.54) is 4.90 Å². The van der Waals surface area contributed by atoms with Gasteiger partial charge in [0.1, 0.15) is 0 Å². The standard InChI is InChI=1S/C18H19N3O4S2/c1-11(2)9-20-17(26)19-5-6-21-16(22)15(27-18(21)23)8-12-3-4-13-14(7-12)25-10-24-13/h3-4,7-8H,1,5-6,9-10H2,2H3,(H2,19,20,26)/b15-8-. The number of nitrogens with zero attached hydrogens (tertiary/aromatic N) is 1. The van der Waals surface area contributed by atoms with E-state index >= 15 is 0 Å². The van der Waals surface area contributed by atoms with Crippen molar-refractivity contribution in [3.63, 3.8) is 0 Å². The zero-order valence-electron chi connectivity index (χ0n) is 14.7. The van der Waals surface area contributed by atoms with Crippen LogP contribution in [-0.4, -0.2) is 47.6 Å². The van der Waals surface area contributed by atoms with Crippen LogP contribution in [0.15, 0.2) is 35.3 Å². The molecule has 0 aromatic heterocycles. The van der Waals surface area contributed by atoms with Crippen LogP contribution in [0.3, 0.4) is 0 Å². The van der Waals surface area contributed by atoms with Crippen LogP contribution in [0.25, 0.3) is 6.08 Å². The van der Waals surface area contributed by atoms with Crippen LogP contribution < -0.4 is 20.1 Å². The summed E-state index contributed by atoms with van der Waals surface area (Å²) in [6.45, 7) is 7.04. The van der Waals surface area contributed by atoms with Gasteiger partial charge in [0.2, 0.25) is 6.79 Å². The van der Waals surface area contributed by atoms with Crippen molar-refractivity contribution >= 4 is 46.3 Å². The molecule has 2 N–H and O–H groups in total. The third-order valence-electron chi connectivity index (χ3n) is 3.74. The molecule has 2 aliphatic heterocycles. The highest BCUT2D eigenvalue weighted by Crippen LogP contribution is 2.36. The second kappa shape index (κ2) is 8.45. The zero-order chi connectivity index (χ0) is 19.4. The van der Waals surface area contributed by atoms with Crippen molar-refractivity contribution in [2.75, 3.05) is 26.4 Å². The van der Waals surface area contributed by atoms with Crippen LogP contribution in [-0.2, 0) is 4.79 Å². The second-order valence-corrected chi connectivity index (χ2v) is 7.41. The van der Waals surface area contributed by atoms with Crippen LogP contribution in [0.4, 0.5) is 4.79 Å². The first-order valence-electron chi connectivity index (χ1n) is 8.25. The number of carbonyl (C=O) groups is 2. The lowest BCUT2D eigenvalue weighted by atomic mass is 10.2. The summed E-state index contributed by atoms with van der Waals surface area (Å²) in [5.74, 6) is 0.982. The minimum atomic E-state index is -0.315.